The van der Waals surface area contributed by atoms with Gasteiger partial charge in [0.05, 0.1) is 33.9 Å². The van der Waals surface area contributed by atoms with Gasteiger partial charge in [-0.25, -0.2) is 4.98 Å². The van der Waals surface area contributed by atoms with Crippen molar-refractivity contribution in [1.29, 1.82) is 10.5 Å². The fourth-order valence-electron chi connectivity index (χ4n) is 8.14. The summed E-state index contributed by atoms with van der Waals surface area (Å²) in [6.45, 7) is 20.0. The molecule has 0 saturated carbocycles. The van der Waals surface area contributed by atoms with Crippen molar-refractivity contribution in [3.8, 4) is 34.8 Å². The van der Waals surface area contributed by atoms with Crippen molar-refractivity contribution in [3.05, 3.63) is 166 Å². The average Bonchev–Trinajstić information content (AvgIpc) is 3.21. The number of fused-ring (bicyclic) bond motifs is 4. The molecule has 0 unspecified atom stereocenters. The van der Waals surface area contributed by atoms with E-state index in [0.29, 0.717) is 33.7 Å². The summed E-state index contributed by atoms with van der Waals surface area (Å²) >= 11 is 0. The lowest BCUT2D eigenvalue weighted by atomic mass is 9.59. The Hall–Kier alpha value is -7.09. The zero-order chi connectivity index (χ0) is 39.8. The molecule has 1 aliphatic heterocycles. The minimum atomic E-state index is -0.436. The molecule has 4 aromatic carbocycles. The zero-order valence-corrected chi connectivity index (χ0v) is 32.6. The summed E-state index contributed by atoms with van der Waals surface area (Å²) < 4.78 is 6.32. The molecule has 0 spiro atoms. The molecule has 0 fully saturated rings. The Bertz CT molecular complexity index is 2610. The first kappa shape index (κ1) is 37.2. The molecule has 7 heteroatoms. The van der Waals surface area contributed by atoms with Crippen molar-refractivity contribution in [1.82, 2.24) is 4.98 Å². The zero-order valence-electron chi connectivity index (χ0n) is 32.6. The van der Waals surface area contributed by atoms with E-state index in [9.17, 15) is 10.5 Å². The molecule has 7 rings (SSSR count). The summed E-state index contributed by atoms with van der Waals surface area (Å²) in [6.07, 6.45) is 10.4. The van der Waals surface area contributed by atoms with Crippen LogP contribution in [0.1, 0.15) is 86.3 Å². The first-order valence-electron chi connectivity index (χ1n) is 18.4. The minimum Gasteiger partial charge on any atom is -0.453 e. The van der Waals surface area contributed by atoms with Gasteiger partial charge >= 0.3 is 0 Å². The van der Waals surface area contributed by atoms with E-state index in [1.165, 1.54) is 16.7 Å². The van der Waals surface area contributed by atoms with Crippen LogP contribution in [-0.4, -0.2) is 18.4 Å². The molecule has 0 N–H and O–H groups in total. The van der Waals surface area contributed by atoms with Crippen molar-refractivity contribution < 1.29 is 4.74 Å². The van der Waals surface area contributed by atoms with Crippen LogP contribution in [0.3, 0.4) is 0 Å². The van der Waals surface area contributed by atoms with Crippen molar-refractivity contribution in [3.63, 3.8) is 0 Å². The highest BCUT2D eigenvalue weighted by atomic mass is 16.5. The number of hydrogen-bond acceptors (Lipinski definition) is 7. The molecule has 1 aromatic heterocycles. The maximum absolute atomic E-state index is 10.8. The molecule has 56 heavy (non-hydrogen) atoms. The minimum absolute atomic E-state index is 0.290. The standard InChI is InChI=1S/C49H42N6O/c1-9-15-33(30-53-8)47-36(29-51)45(35(28-50)46(54-47)31(2)16-14-25-52-7)32-21-23-37-39(26-32)48(3,4)38-24-22-34(27-40(38)49(37,5)6)55-41-17-10-12-19-43(41)56-44-20-13-11-18-42(44)55/h9-27,30H,7-8H2,1-6H3/b15-9-,25-14-,31-16+,33-30+. The maximum atomic E-state index is 10.8. The number of aliphatic imine (C=N–C) groups is 2. The Morgan fingerprint density at radius 2 is 1.36 bits per heavy atom. The Labute approximate surface area is 329 Å². The average molecular weight is 731 g/mol. The Morgan fingerprint density at radius 3 is 1.95 bits per heavy atom. The number of aromatic nitrogens is 1. The Kier molecular flexibility index (Phi) is 9.72. The van der Waals surface area contributed by atoms with Gasteiger partial charge in [0.15, 0.2) is 11.5 Å². The smallest absolute Gasteiger partial charge is 0.151 e. The SMILES string of the molecule is C=N/C=C\C=C(/C)c1nc(C(/C=C\C)=C/N=C)c(C#N)c(-c2ccc3c(c2)C(C)(C)c2ccc(N4c5ccccc5Oc5ccccc54)cc2C3(C)C)c1C#N. The Morgan fingerprint density at radius 1 is 0.768 bits per heavy atom. The van der Waals surface area contributed by atoms with Crippen LogP contribution >= 0.6 is 0 Å². The number of hydrogen-bond donors (Lipinski definition) is 0. The molecule has 0 saturated heterocycles. The quantitative estimate of drug-likeness (QED) is 0.115. The lowest BCUT2D eigenvalue weighted by molar-refractivity contribution is 0.477. The van der Waals surface area contributed by atoms with Gasteiger partial charge in [-0.1, -0.05) is 88.4 Å². The van der Waals surface area contributed by atoms with E-state index in [1.807, 2.05) is 74.5 Å². The second kappa shape index (κ2) is 14.6. The lowest BCUT2D eigenvalue weighted by Gasteiger charge is -2.45. The summed E-state index contributed by atoms with van der Waals surface area (Å²) in [5.74, 6) is 1.62. The van der Waals surface area contributed by atoms with Gasteiger partial charge in [0, 0.05) is 40.1 Å². The van der Waals surface area contributed by atoms with E-state index >= 15 is 0 Å². The number of nitriles is 2. The van der Waals surface area contributed by atoms with Crippen molar-refractivity contribution in [2.24, 2.45) is 9.98 Å². The molecule has 2 aliphatic rings. The van der Waals surface area contributed by atoms with E-state index in [4.69, 9.17) is 9.72 Å². The number of ether oxygens (including phenoxy) is 1. The van der Waals surface area contributed by atoms with E-state index < -0.39 is 10.8 Å². The highest BCUT2D eigenvalue weighted by Gasteiger charge is 2.42. The van der Waals surface area contributed by atoms with Crippen LogP contribution in [0.25, 0.3) is 22.3 Å². The molecule has 0 atom stereocenters. The number of rotatable bonds is 8. The summed E-state index contributed by atoms with van der Waals surface area (Å²) in [5.41, 5.74) is 11.0. The summed E-state index contributed by atoms with van der Waals surface area (Å²) in [5, 5.41) is 21.6. The highest BCUT2D eigenvalue weighted by Crippen LogP contribution is 2.55. The van der Waals surface area contributed by atoms with E-state index in [2.05, 4.69) is 111 Å². The topological polar surface area (TPSA) is 97.7 Å². The monoisotopic (exact) mass is 730 g/mol. The second-order valence-corrected chi connectivity index (χ2v) is 14.9. The van der Waals surface area contributed by atoms with E-state index in [-0.39, 0.29) is 0 Å². The van der Waals surface area contributed by atoms with Gasteiger partial charge in [0.1, 0.15) is 12.1 Å². The third-order valence-corrected chi connectivity index (χ3v) is 10.9. The van der Waals surface area contributed by atoms with E-state index in [0.717, 1.165) is 45.3 Å². The predicted octanol–water partition coefficient (Wildman–Crippen LogP) is 12.3. The molecule has 5 aromatic rings. The second-order valence-electron chi connectivity index (χ2n) is 14.9. The van der Waals surface area contributed by atoms with Crippen molar-refractivity contribution in [2.75, 3.05) is 4.90 Å². The summed E-state index contributed by atoms with van der Waals surface area (Å²) in [7, 11) is 0. The lowest BCUT2D eigenvalue weighted by Crippen LogP contribution is -2.36. The number of pyridine rings is 1. The normalized spacial score (nSPS) is 15.2. The molecule has 0 bridgehead atoms. The number of allylic oxidation sites excluding steroid dienone is 6. The van der Waals surface area contributed by atoms with Crippen LogP contribution in [-0.2, 0) is 10.8 Å². The molecule has 7 nitrogen and oxygen atoms in total. The van der Waals surface area contributed by atoms with Gasteiger partial charge in [0.2, 0.25) is 0 Å². The highest BCUT2D eigenvalue weighted by molar-refractivity contribution is 5.90. The van der Waals surface area contributed by atoms with Crippen LogP contribution in [0.15, 0.2) is 132 Å². The van der Waals surface area contributed by atoms with Crippen LogP contribution < -0.4 is 9.64 Å². The molecular formula is C49H42N6O. The van der Waals surface area contributed by atoms with Gasteiger partial charge in [-0.2, -0.15) is 10.5 Å². The number of anilines is 3. The number of para-hydroxylation sites is 4. The van der Waals surface area contributed by atoms with Gasteiger partial charge in [-0.3, -0.25) is 9.98 Å². The predicted molar refractivity (Wildman–Crippen MR) is 229 cm³/mol. The number of benzene rings is 4. The molecule has 2 heterocycles. The van der Waals surface area contributed by atoms with Gasteiger partial charge in [0.25, 0.3) is 0 Å². The van der Waals surface area contributed by atoms with Crippen molar-refractivity contribution >= 4 is 41.6 Å². The van der Waals surface area contributed by atoms with Crippen LogP contribution in [0.4, 0.5) is 17.1 Å². The molecular weight excluding hydrogens is 689 g/mol. The fourth-order valence-corrected chi connectivity index (χ4v) is 8.14. The fraction of sp³-hybridized carbons (Fsp3) is 0.163. The van der Waals surface area contributed by atoms with Gasteiger partial charge in [-0.05, 0) is 109 Å². The third-order valence-electron chi connectivity index (χ3n) is 10.9. The van der Waals surface area contributed by atoms with Crippen LogP contribution in [0.2, 0.25) is 0 Å². The number of nitrogens with zero attached hydrogens (tertiary/aromatic N) is 6. The maximum Gasteiger partial charge on any atom is 0.151 e. The summed E-state index contributed by atoms with van der Waals surface area (Å²) in [6, 6.07) is 34.2. The van der Waals surface area contributed by atoms with Crippen molar-refractivity contribution in [2.45, 2.75) is 52.4 Å². The van der Waals surface area contributed by atoms with Gasteiger partial charge in [-0.15, -0.1) is 0 Å². The largest absolute Gasteiger partial charge is 0.453 e. The summed E-state index contributed by atoms with van der Waals surface area (Å²) in [4.78, 5) is 15.1. The van der Waals surface area contributed by atoms with E-state index in [1.54, 1.807) is 18.5 Å². The molecule has 0 amide bonds. The van der Waals surface area contributed by atoms with Gasteiger partial charge < -0.3 is 9.64 Å². The molecule has 1 aliphatic carbocycles. The third kappa shape index (κ3) is 6.04. The molecule has 274 valence electrons. The Balaban J connectivity index is 1.44. The first-order valence-corrected chi connectivity index (χ1v) is 18.4. The van der Waals surface area contributed by atoms with Crippen LogP contribution in [0, 0.1) is 22.7 Å². The first-order chi connectivity index (χ1) is 27.0. The molecule has 0 radical (unpaired) electrons. The van der Waals surface area contributed by atoms with Crippen LogP contribution in [0.5, 0.6) is 11.5 Å².